The molecule has 0 spiro atoms. The highest BCUT2D eigenvalue weighted by molar-refractivity contribution is 6.01. The van der Waals surface area contributed by atoms with Gasteiger partial charge in [0.05, 0.1) is 0 Å². The number of nitrogens with one attached hydrogen (secondary N) is 1. The number of imidazole rings is 1. The minimum atomic E-state index is -1.39. The highest BCUT2D eigenvalue weighted by Gasteiger charge is 2.29. The van der Waals surface area contributed by atoms with Crippen LogP contribution in [-0.2, 0) is 6.54 Å². The van der Waals surface area contributed by atoms with Gasteiger partial charge in [-0.25, -0.2) is 19.7 Å². The van der Waals surface area contributed by atoms with Crippen LogP contribution in [0.3, 0.4) is 0 Å². The van der Waals surface area contributed by atoms with E-state index in [1.54, 1.807) is 0 Å². The Morgan fingerprint density at radius 2 is 1.85 bits per heavy atom. The molecule has 4 N–H and O–H groups in total. The summed E-state index contributed by atoms with van der Waals surface area (Å²) in [5.74, 6) is 3.40. The van der Waals surface area contributed by atoms with E-state index < -0.39 is 6.09 Å². The summed E-state index contributed by atoms with van der Waals surface area (Å²) in [5.41, 5.74) is 9.29. The number of nitrogens with two attached hydrogens (primary N) is 1. The zero-order valence-electron chi connectivity index (χ0n) is 24.1. The topological polar surface area (TPSA) is 144 Å². The Labute approximate surface area is 235 Å². The molecule has 2 fully saturated rings. The first kappa shape index (κ1) is 28.0. The largest absolute Gasteiger partial charge is 0.463 e. The number of fused-ring (bicyclic) bond motifs is 1. The second kappa shape index (κ2) is 11.9. The van der Waals surface area contributed by atoms with E-state index in [9.17, 15) is 9.90 Å². The Bertz CT molecular complexity index is 1390. The van der Waals surface area contributed by atoms with Crippen molar-refractivity contribution >= 4 is 28.9 Å². The number of hydrogen-bond donors (Lipinski definition) is 3. The van der Waals surface area contributed by atoms with Crippen LogP contribution in [0.4, 0.5) is 10.6 Å². The molecule has 5 rings (SSSR count). The quantitative estimate of drug-likeness (QED) is 0.212. The standard InChI is InChI=1S/C30H42N8O2/c1-5-19-9-11-20(12-10-19)16-38-24-26(33-18(4)21-7-6-8-21)35-28(25(31)34-30(39)40)36-27(24)37-29(38)23-15-22(17(2)3)13-14-32-23/h13-15,17-21H,5-12,16H2,1-4H3,(H2,31,34)(H,39,40)(H,33,35,36). The van der Waals surface area contributed by atoms with Crippen molar-refractivity contribution in [2.24, 2.45) is 28.5 Å². The van der Waals surface area contributed by atoms with Crippen molar-refractivity contribution < 1.29 is 9.90 Å². The Morgan fingerprint density at radius 1 is 1.12 bits per heavy atom. The number of hydrogen-bond acceptors (Lipinski definition) is 6. The average molecular weight is 547 g/mol. The molecule has 0 radical (unpaired) electrons. The number of carboxylic acid groups (broad SMARTS) is 1. The van der Waals surface area contributed by atoms with Crippen LogP contribution in [0.1, 0.15) is 96.4 Å². The van der Waals surface area contributed by atoms with Gasteiger partial charge in [-0.15, -0.1) is 0 Å². The fraction of sp³-hybridized carbons (Fsp3) is 0.600. The maximum atomic E-state index is 11.3. The predicted molar refractivity (Wildman–Crippen MR) is 158 cm³/mol. The average Bonchev–Trinajstić information content (AvgIpc) is 3.26. The van der Waals surface area contributed by atoms with E-state index in [4.69, 9.17) is 20.7 Å². The molecule has 3 aromatic heterocycles. The lowest BCUT2D eigenvalue weighted by Gasteiger charge is -2.32. The molecule has 2 saturated carbocycles. The number of amidine groups is 1. The molecule has 0 aliphatic heterocycles. The Hall–Kier alpha value is -3.56. The van der Waals surface area contributed by atoms with E-state index >= 15 is 0 Å². The molecule has 3 heterocycles. The molecule has 0 saturated heterocycles. The number of carbonyl (C=O) groups is 1. The van der Waals surface area contributed by atoms with Gasteiger partial charge in [0.15, 0.2) is 28.9 Å². The lowest BCUT2D eigenvalue weighted by Crippen LogP contribution is -2.32. The SMILES string of the molecule is CCC1CCC(Cn2c(-c3cc(C(C)C)ccn3)nc3nc(C(N)=NC(=O)O)nc(NC(C)C4CCC4)c32)CC1. The summed E-state index contributed by atoms with van der Waals surface area (Å²) < 4.78 is 2.24. The molecule has 0 bridgehead atoms. The number of nitrogens with zero attached hydrogens (tertiary/aromatic N) is 6. The number of rotatable bonds is 9. The third kappa shape index (κ3) is 5.95. The third-order valence-corrected chi connectivity index (χ3v) is 8.93. The minimum Gasteiger partial charge on any atom is -0.463 e. The normalized spacial score (nSPS) is 21.0. The first-order chi connectivity index (χ1) is 19.2. The van der Waals surface area contributed by atoms with Crippen molar-refractivity contribution in [1.29, 1.82) is 0 Å². The maximum absolute atomic E-state index is 11.3. The minimum absolute atomic E-state index is 0.0572. The van der Waals surface area contributed by atoms with E-state index in [0.717, 1.165) is 29.5 Å². The molecule has 10 heteroatoms. The number of pyridine rings is 1. The fourth-order valence-corrected chi connectivity index (χ4v) is 6.06. The molecular formula is C30H42N8O2. The Morgan fingerprint density at radius 3 is 2.48 bits per heavy atom. The summed E-state index contributed by atoms with van der Waals surface area (Å²) >= 11 is 0. The van der Waals surface area contributed by atoms with Crippen LogP contribution in [0.15, 0.2) is 23.3 Å². The highest BCUT2D eigenvalue weighted by Crippen LogP contribution is 2.36. The summed E-state index contributed by atoms with van der Waals surface area (Å²) in [4.78, 5) is 33.8. The van der Waals surface area contributed by atoms with Crippen LogP contribution in [0.25, 0.3) is 22.7 Å². The van der Waals surface area contributed by atoms with Crippen LogP contribution >= 0.6 is 0 Å². The van der Waals surface area contributed by atoms with Crippen molar-refractivity contribution in [3.05, 3.63) is 29.7 Å². The van der Waals surface area contributed by atoms with Crippen LogP contribution in [0.5, 0.6) is 0 Å². The van der Waals surface area contributed by atoms with E-state index in [1.807, 2.05) is 12.3 Å². The number of aliphatic imine (C=N–C) groups is 1. The lowest BCUT2D eigenvalue weighted by molar-refractivity contribution is 0.205. The number of amides is 1. The lowest BCUT2D eigenvalue weighted by atomic mass is 9.80. The van der Waals surface area contributed by atoms with Gasteiger partial charge in [-0.05, 0) is 74.0 Å². The smallest absolute Gasteiger partial charge is 0.433 e. The van der Waals surface area contributed by atoms with E-state index in [1.165, 1.54) is 56.9 Å². The first-order valence-electron chi connectivity index (χ1n) is 14.8. The van der Waals surface area contributed by atoms with Gasteiger partial charge in [0.25, 0.3) is 0 Å². The third-order valence-electron chi connectivity index (χ3n) is 8.93. The zero-order valence-corrected chi connectivity index (χ0v) is 24.1. The van der Waals surface area contributed by atoms with E-state index in [0.29, 0.717) is 29.2 Å². The highest BCUT2D eigenvalue weighted by atomic mass is 16.4. The first-order valence-corrected chi connectivity index (χ1v) is 14.8. The number of aromatic nitrogens is 5. The van der Waals surface area contributed by atoms with Crippen LogP contribution < -0.4 is 11.1 Å². The van der Waals surface area contributed by atoms with Gasteiger partial charge in [0, 0.05) is 18.8 Å². The molecule has 3 aromatic rings. The summed E-state index contributed by atoms with van der Waals surface area (Å²) in [6.45, 7) is 9.59. The summed E-state index contributed by atoms with van der Waals surface area (Å²) in [5, 5.41) is 12.8. The molecule has 40 heavy (non-hydrogen) atoms. The Balaban J connectivity index is 1.66. The van der Waals surface area contributed by atoms with Crippen molar-refractivity contribution in [2.75, 3.05) is 5.32 Å². The van der Waals surface area contributed by atoms with Crippen molar-refractivity contribution in [3.8, 4) is 11.5 Å². The second-order valence-electron chi connectivity index (χ2n) is 11.9. The molecule has 1 atom stereocenters. The molecule has 2 aliphatic rings. The van der Waals surface area contributed by atoms with Crippen LogP contribution in [0, 0.1) is 17.8 Å². The number of anilines is 1. The Kier molecular flexibility index (Phi) is 8.32. The van der Waals surface area contributed by atoms with Crippen LogP contribution in [0.2, 0.25) is 0 Å². The maximum Gasteiger partial charge on any atom is 0.433 e. The van der Waals surface area contributed by atoms with Gasteiger partial charge in [-0.1, -0.05) is 46.5 Å². The molecular weight excluding hydrogens is 504 g/mol. The molecule has 2 aliphatic carbocycles. The molecule has 0 aromatic carbocycles. The van der Waals surface area contributed by atoms with Crippen LogP contribution in [-0.4, -0.2) is 47.6 Å². The summed E-state index contributed by atoms with van der Waals surface area (Å²) in [6.07, 6.45) is 10.1. The van der Waals surface area contributed by atoms with E-state index in [2.05, 4.69) is 53.6 Å². The fourth-order valence-electron chi connectivity index (χ4n) is 6.06. The molecule has 1 amide bonds. The molecule has 10 nitrogen and oxygen atoms in total. The van der Waals surface area contributed by atoms with E-state index in [-0.39, 0.29) is 17.7 Å². The van der Waals surface area contributed by atoms with Gasteiger partial charge in [0.1, 0.15) is 11.2 Å². The predicted octanol–water partition coefficient (Wildman–Crippen LogP) is 6.21. The van der Waals surface area contributed by atoms with Gasteiger partial charge in [-0.3, -0.25) is 4.98 Å². The molecule has 1 unspecified atom stereocenters. The van der Waals surface area contributed by atoms with Gasteiger partial charge in [-0.2, -0.15) is 4.99 Å². The van der Waals surface area contributed by atoms with Crippen molar-refractivity contribution in [2.45, 2.75) is 97.6 Å². The van der Waals surface area contributed by atoms with Crippen molar-refractivity contribution in [3.63, 3.8) is 0 Å². The summed E-state index contributed by atoms with van der Waals surface area (Å²) in [6, 6.07) is 4.34. The second-order valence-corrected chi connectivity index (χ2v) is 11.9. The summed E-state index contributed by atoms with van der Waals surface area (Å²) in [7, 11) is 0. The van der Waals surface area contributed by atoms with Gasteiger partial charge >= 0.3 is 6.09 Å². The zero-order chi connectivity index (χ0) is 28.4. The monoisotopic (exact) mass is 546 g/mol. The van der Waals surface area contributed by atoms with Crippen molar-refractivity contribution in [1.82, 2.24) is 24.5 Å². The van der Waals surface area contributed by atoms with Gasteiger partial charge in [0.2, 0.25) is 0 Å². The van der Waals surface area contributed by atoms with Gasteiger partial charge < -0.3 is 20.7 Å². The molecule has 214 valence electrons.